The van der Waals surface area contributed by atoms with E-state index in [1.54, 1.807) is 0 Å². The SMILES string of the molecule is CC(C)c1nnc(NC(=O)CN2CCN(C)CC2CN)o1. The molecule has 2 heterocycles. The minimum Gasteiger partial charge on any atom is -0.408 e. The van der Waals surface area contributed by atoms with Gasteiger partial charge in [-0.2, -0.15) is 0 Å². The molecule has 118 valence electrons. The van der Waals surface area contributed by atoms with Crippen LogP contribution in [0.2, 0.25) is 0 Å². The van der Waals surface area contributed by atoms with Crippen LogP contribution in [0, 0.1) is 0 Å². The summed E-state index contributed by atoms with van der Waals surface area (Å²) in [7, 11) is 2.06. The fourth-order valence-corrected chi connectivity index (χ4v) is 2.34. The van der Waals surface area contributed by atoms with Gasteiger partial charge in [-0.15, -0.1) is 5.10 Å². The summed E-state index contributed by atoms with van der Waals surface area (Å²) in [4.78, 5) is 16.4. The van der Waals surface area contributed by atoms with Crippen LogP contribution in [0.15, 0.2) is 4.42 Å². The minimum atomic E-state index is -0.156. The molecule has 2 rings (SSSR count). The number of nitrogens with zero attached hydrogens (tertiary/aromatic N) is 4. The molecule has 1 aromatic heterocycles. The first kappa shape index (κ1) is 15.9. The molecule has 0 bridgehead atoms. The topological polar surface area (TPSA) is 101 Å². The van der Waals surface area contributed by atoms with Crippen molar-refractivity contribution in [3.05, 3.63) is 5.89 Å². The van der Waals surface area contributed by atoms with Gasteiger partial charge in [-0.25, -0.2) is 0 Å². The lowest BCUT2D eigenvalue weighted by Gasteiger charge is -2.38. The standard InChI is InChI=1S/C13H24N6O2/c1-9(2)12-16-17-13(21-12)15-11(20)8-19-5-4-18(3)7-10(19)6-14/h9-10H,4-8,14H2,1-3H3,(H,15,17,20). The predicted octanol–water partition coefficient (Wildman–Crippen LogP) is -0.294. The molecule has 0 saturated carbocycles. The Hall–Kier alpha value is -1.51. The molecule has 1 atom stereocenters. The molecule has 1 aliphatic heterocycles. The maximum atomic E-state index is 12.1. The summed E-state index contributed by atoms with van der Waals surface area (Å²) in [5, 5.41) is 10.4. The van der Waals surface area contributed by atoms with Gasteiger partial charge in [-0.3, -0.25) is 15.0 Å². The molecular formula is C13H24N6O2. The first-order valence-electron chi connectivity index (χ1n) is 7.25. The van der Waals surface area contributed by atoms with E-state index >= 15 is 0 Å². The summed E-state index contributed by atoms with van der Waals surface area (Å²) in [6, 6.07) is 0.352. The Morgan fingerprint density at radius 2 is 2.24 bits per heavy atom. The van der Waals surface area contributed by atoms with Crippen molar-refractivity contribution in [2.45, 2.75) is 25.8 Å². The molecule has 1 amide bonds. The highest BCUT2D eigenvalue weighted by atomic mass is 16.4. The summed E-state index contributed by atoms with van der Waals surface area (Å²) in [5.74, 6) is 0.504. The Morgan fingerprint density at radius 3 is 2.86 bits per heavy atom. The van der Waals surface area contributed by atoms with Crippen LogP contribution in [0.5, 0.6) is 0 Å². The van der Waals surface area contributed by atoms with Crippen molar-refractivity contribution in [1.82, 2.24) is 20.0 Å². The molecule has 8 heteroatoms. The van der Waals surface area contributed by atoms with Gasteiger partial charge in [0.1, 0.15) is 0 Å². The van der Waals surface area contributed by atoms with E-state index in [2.05, 4.69) is 32.4 Å². The third-order valence-corrected chi connectivity index (χ3v) is 3.61. The average molecular weight is 296 g/mol. The van der Waals surface area contributed by atoms with Gasteiger partial charge >= 0.3 is 6.01 Å². The number of rotatable bonds is 5. The number of aromatic nitrogens is 2. The number of piperazine rings is 1. The molecule has 0 spiro atoms. The largest absolute Gasteiger partial charge is 0.408 e. The number of carbonyl (C=O) groups is 1. The minimum absolute atomic E-state index is 0.141. The number of nitrogens with one attached hydrogen (secondary N) is 1. The number of nitrogens with two attached hydrogens (primary N) is 1. The maximum Gasteiger partial charge on any atom is 0.322 e. The molecule has 1 aromatic rings. The summed E-state index contributed by atoms with van der Waals surface area (Å²) in [6.07, 6.45) is 0. The second-order valence-corrected chi connectivity index (χ2v) is 5.77. The quantitative estimate of drug-likeness (QED) is 0.769. The van der Waals surface area contributed by atoms with Crippen LogP contribution in [0.4, 0.5) is 6.01 Å². The Balaban J connectivity index is 1.88. The third kappa shape index (κ3) is 4.23. The average Bonchev–Trinajstić information content (AvgIpc) is 2.89. The highest BCUT2D eigenvalue weighted by molar-refractivity contribution is 5.90. The van der Waals surface area contributed by atoms with Crippen LogP contribution in [0.25, 0.3) is 0 Å². The Morgan fingerprint density at radius 1 is 1.48 bits per heavy atom. The summed E-state index contributed by atoms with van der Waals surface area (Å²) >= 11 is 0. The van der Waals surface area contributed by atoms with Crippen molar-refractivity contribution < 1.29 is 9.21 Å². The summed E-state index contributed by atoms with van der Waals surface area (Å²) in [6.45, 7) is 7.37. The number of carbonyl (C=O) groups excluding carboxylic acids is 1. The molecule has 8 nitrogen and oxygen atoms in total. The molecule has 0 aliphatic carbocycles. The normalized spacial score (nSPS) is 20.9. The van der Waals surface area contributed by atoms with Gasteiger partial charge in [0.25, 0.3) is 0 Å². The fraction of sp³-hybridized carbons (Fsp3) is 0.769. The van der Waals surface area contributed by atoms with Gasteiger partial charge in [0.05, 0.1) is 6.54 Å². The van der Waals surface area contributed by atoms with Gasteiger partial charge in [0.2, 0.25) is 11.8 Å². The van der Waals surface area contributed by atoms with E-state index in [-0.39, 0.29) is 30.4 Å². The van der Waals surface area contributed by atoms with Crippen LogP contribution < -0.4 is 11.1 Å². The van der Waals surface area contributed by atoms with Crippen LogP contribution >= 0.6 is 0 Å². The number of hydrogen-bond acceptors (Lipinski definition) is 7. The molecule has 1 saturated heterocycles. The molecule has 1 aliphatic rings. The van der Waals surface area contributed by atoms with E-state index in [1.807, 2.05) is 13.8 Å². The van der Waals surface area contributed by atoms with Gasteiger partial charge in [0, 0.05) is 38.1 Å². The number of anilines is 1. The van der Waals surface area contributed by atoms with E-state index < -0.39 is 0 Å². The molecule has 1 unspecified atom stereocenters. The Bertz CT molecular complexity index is 475. The Kier molecular flexibility index (Phi) is 5.27. The third-order valence-electron chi connectivity index (χ3n) is 3.61. The van der Waals surface area contributed by atoms with Crippen molar-refractivity contribution in [3.63, 3.8) is 0 Å². The van der Waals surface area contributed by atoms with Gasteiger partial charge in [-0.1, -0.05) is 18.9 Å². The van der Waals surface area contributed by atoms with Crippen molar-refractivity contribution in [2.24, 2.45) is 5.73 Å². The monoisotopic (exact) mass is 296 g/mol. The smallest absolute Gasteiger partial charge is 0.322 e. The van der Waals surface area contributed by atoms with Gasteiger partial charge < -0.3 is 15.1 Å². The molecule has 0 radical (unpaired) electrons. The van der Waals surface area contributed by atoms with E-state index in [0.29, 0.717) is 12.4 Å². The molecule has 1 fully saturated rings. The van der Waals surface area contributed by atoms with Crippen molar-refractivity contribution in [3.8, 4) is 0 Å². The Labute approximate surface area is 124 Å². The van der Waals surface area contributed by atoms with E-state index in [4.69, 9.17) is 10.2 Å². The van der Waals surface area contributed by atoms with Crippen LogP contribution in [-0.2, 0) is 4.79 Å². The van der Waals surface area contributed by atoms with Gasteiger partial charge in [-0.05, 0) is 7.05 Å². The van der Waals surface area contributed by atoms with E-state index in [9.17, 15) is 4.79 Å². The fourth-order valence-electron chi connectivity index (χ4n) is 2.34. The summed E-state index contributed by atoms with van der Waals surface area (Å²) in [5.41, 5.74) is 5.78. The van der Waals surface area contributed by atoms with Crippen molar-refractivity contribution in [1.29, 1.82) is 0 Å². The molecule has 0 aromatic carbocycles. The predicted molar refractivity (Wildman–Crippen MR) is 78.9 cm³/mol. The second-order valence-electron chi connectivity index (χ2n) is 5.77. The molecular weight excluding hydrogens is 272 g/mol. The van der Waals surface area contributed by atoms with Crippen LogP contribution in [-0.4, -0.2) is 71.7 Å². The first-order chi connectivity index (χ1) is 9.99. The number of likely N-dealkylation sites (N-methyl/N-ethyl adjacent to an activating group) is 1. The van der Waals surface area contributed by atoms with E-state index in [1.165, 1.54) is 0 Å². The molecule has 21 heavy (non-hydrogen) atoms. The van der Waals surface area contributed by atoms with Gasteiger partial charge in [0.15, 0.2) is 0 Å². The summed E-state index contributed by atoms with van der Waals surface area (Å²) < 4.78 is 5.37. The number of amides is 1. The zero-order chi connectivity index (χ0) is 15.4. The second kappa shape index (κ2) is 6.97. The zero-order valence-electron chi connectivity index (χ0n) is 12.9. The highest BCUT2D eigenvalue weighted by Crippen LogP contribution is 2.15. The number of hydrogen-bond donors (Lipinski definition) is 2. The lowest BCUT2D eigenvalue weighted by molar-refractivity contribution is -0.118. The van der Waals surface area contributed by atoms with Crippen molar-refractivity contribution in [2.75, 3.05) is 45.1 Å². The van der Waals surface area contributed by atoms with E-state index in [0.717, 1.165) is 19.6 Å². The first-order valence-corrected chi connectivity index (χ1v) is 7.25. The lowest BCUT2D eigenvalue weighted by Crippen LogP contribution is -2.56. The maximum absolute atomic E-state index is 12.1. The molecule has 3 N–H and O–H groups in total. The zero-order valence-corrected chi connectivity index (χ0v) is 12.9. The highest BCUT2D eigenvalue weighted by Gasteiger charge is 2.26. The lowest BCUT2D eigenvalue weighted by atomic mass is 10.1. The van der Waals surface area contributed by atoms with Crippen LogP contribution in [0.1, 0.15) is 25.7 Å². The van der Waals surface area contributed by atoms with Crippen LogP contribution in [0.3, 0.4) is 0 Å². The van der Waals surface area contributed by atoms with Crippen molar-refractivity contribution >= 4 is 11.9 Å².